The van der Waals surface area contributed by atoms with Gasteiger partial charge >= 0.3 is 12.1 Å². The molecule has 9 heteroatoms. The van der Waals surface area contributed by atoms with Gasteiger partial charge in [0.1, 0.15) is 12.6 Å². The number of alkyl carbamates (subject to hydrolysis) is 1. The minimum atomic E-state index is -1.26. The number of carboxylic acids is 1. The number of ether oxygens (including phenoxy) is 1. The molecule has 1 unspecified atom stereocenters. The van der Waals surface area contributed by atoms with E-state index >= 15 is 0 Å². The van der Waals surface area contributed by atoms with Crippen LogP contribution in [0.25, 0.3) is 11.1 Å². The Bertz CT molecular complexity index is 1170. The van der Waals surface area contributed by atoms with Crippen molar-refractivity contribution in [2.45, 2.75) is 25.3 Å². The zero-order chi connectivity index (χ0) is 23.5. The summed E-state index contributed by atoms with van der Waals surface area (Å²) < 4.78 is 6.79. The summed E-state index contributed by atoms with van der Waals surface area (Å²) >= 11 is 0. The van der Waals surface area contributed by atoms with Gasteiger partial charge in [-0.1, -0.05) is 55.5 Å². The van der Waals surface area contributed by atoms with E-state index in [0.29, 0.717) is 6.42 Å². The zero-order valence-electron chi connectivity index (χ0n) is 18.2. The maximum absolute atomic E-state index is 12.6. The van der Waals surface area contributed by atoms with Crippen LogP contribution in [0, 0.1) is 0 Å². The van der Waals surface area contributed by atoms with Crippen LogP contribution in [-0.4, -0.2) is 45.5 Å². The number of fused-ring (bicyclic) bond motifs is 3. The number of nitrogens with one attached hydrogen (secondary N) is 2. The molecule has 1 aromatic heterocycles. The maximum atomic E-state index is 12.6. The van der Waals surface area contributed by atoms with E-state index in [0.717, 1.165) is 22.3 Å². The fourth-order valence-corrected chi connectivity index (χ4v) is 4.09. The number of amides is 2. The van der Waals surface area contributed by atoms with Crippen molar-refractivity contribution in [2.75, 3.05) is 11.9 Å². The van der Waals surface area contributed by atoms with E-state index in [1.807, 2.05) is 36.4 Å². The average Bonchev–Trinajstić information content (AvgIpc) is 3.33. The number of carbonyl (C=O) groups excluding carboxylic acids is 2. The summed E-state index contributed by atoms with van der Waals surface area (Å²) in [6.45, 7) is 1.86. The molecule has 0 fully saturated rings. The molecule has 2 aromatic carbocycles. The molecular weight excluding hydrogens is 424 g/mol. The van der Waals surface area contributed by atoms with Crippen molar-refractivity contribution in [3.8, 4) is 11.1 Å². The van der Waals surface area contributed by atoms with Gasteiger partial charge in [-0.25, -0.2) is 9.59 Å². The quantitative estimate of drug-likeness (QED) is 0.509. The molecule has 0 radical (unpaired) electrons. The van der Waals surface area contributed by atoms with E-state index in [4.69, 9.17) is 4.74 Å². The number of hydrogen-bond acceptors (Lipinski definition) is 5. The molecule has 9 nitrogen and oxygen atoms in total. The van der Waals surface area contributed by atoms with E-state index in [2.05, 4.69) is 27.9 Å². The number of benzene rings is 2. The first-order valence-corrected chi connectivity index (χ1v) is 10.6. The largest absolute Gasteiger partial charge is 0.476 e. The lowest BCUT2D eigenvalue weighted by molar-refractivity contribution is -0.118. The number of aromatic carboxylic acids is 1. The second-order valence-corrected chi connectivity index (χ2v) is 7.79. The molecule has 0 saturated carbocycles. The highest BCUT2D eigenvalue weighted by Crippen LogP contribution is 2.44. The van der Waals surface area contributed by atoms with Crippen LogP contribution in [0.4, 0.5) is 10.5 Å². The van der Waals surface area contributed by atoms with Gasteiger partial charge in [-0.3, -0.25) is 9.48 Å². The number of aromatic nitrogens is 2. The number of nitrogens with zero attached hydrogens (tertiary/aromatic N) is 2. The normalized spacial score (nSPS) is 13.0. The fourth-order valence-electron chi connectivity index (χ4n) is 4.09. The van der Waals surface area contributed by atoms with Gasteiger partial charge in [-0.2, -0.15) is 5.10 Å². The first-order valence-electron chi connectivity index (χ1n) is 10.6. The Labute approximate surface area is 190 Å². The van der Waals surface area contributed by atoms with Gasteiger partial charge in [-0.05, 0) is 28.7 Å². The molecule has 1 heterocycles. The molecule has 1 aliphatic rings. The number of anilines is 1. The lowest BCUT2D eigenvalue weighted by Gasteiger charge is -2.18. The van der Waals surface area contributed by atoms with Gasteiger partial charge in [0.05, 0.1) is 5.69 Å². The highest BCUT2D eigenvalue weighted by atomic mass is 16.5. The molecule has 0 aliphatic heterocycles. The lowest BCUT2D eigenvalue weighted by Crippen LogP contribution is -2.44. The second-order valence-electron chi connectivity index (χ2n) is 7.79. The molecule has 3 aromatic rings. The monoisotopic (exact) mass is 448 g/mol. The SMILES string of the molecule is CCC(NC(=O)OCC1c2ccccc2-c2ccccc21)C(=O)Nc1cn(C)nc1C(=O)O. The Morgan fingerprint density at radius 1 is 1.09 bits per heavy atom. The third-order valence-electron chi connectivity index (χ3n) is 5.65. The number of rotatable bonds is 7. The molecule has 0 bridgehead atoms. The van der Waals surface area contributed by atoms with Crippen LogP contribution in [0.5, 0.6) is 0 Å². The number of aryl methyl sites for hydroxylation is 1. The highest BCUT2D eigenvalue weighted by Gasteiger charge is 2.30. The summed E-state index contributed by atoms with van der Waals surface area (Å²) in [5.74, 6) is -1.91. The molecule has 4 rings (SSSR count). The van der Waals surface area contributed by atoms with Gasteiger partial charge < -0.3 is 20.5 Å². The summed E-state index contributed by atoms with van der Waals surface area (Å²) in [7, 11) is 1.55. The Balaban J connectivity index is 1.40. The smallest absolute Gasteiger partial charge is 0.407 e. The standard InChI is InChI=1S/C24H24N4O5/c1-3-19(22(29)25-20-12-28(2)27-21(20)23(30)31)26-24(32)33-13-18-16-10-6-4-8-14(16)15-9-5-7-11-17(15)18/h4-12,18-19H,3,13H2,1-2H3,(H,25,29)(H,26,32)(H,30,31). The first kappa shape index (κ1) is 22.1. The molecule has 1 atom stereocenters. The molecule has 1 aliphatic carbocycles. The van der Waals surface area contributed by atoms with Crippen LogP contribution in [-0.2, 0) is 16.6 Å². The van der Waals surface area contributed by atoms with Crippen molar-refractivity contribution in [3.63, 3.8) is 0 Å². The summed E-state index contributed by atoms with van der Waals surface area (Å²) in [5, 5.41) is 18.1. The van der Waals surface area contributed by atoms with Gasteiger partial charge in [0.2, 0.25) is 5.91 Å². The van der Waals surface area contributed by atoms with E-state index in [1.165, 1.54) is 10.9 Å². The van der Waals surface area contributed by atoms with Crippen LogP contribution >= 0.6 is 0 Å². The minimum Gasteiger partial charge on any atom is -0.476 e. The third-order valence-corrected chi connectivity index (χ3v) is 5.65. The molecule has 3 N–H and O–H groups in total. The summed E-state index contributed by atoms with van der Waals surface area (Å²) in [4.78, 5) is 36.4. The van der Waals surface area contributed by atoms with Crippen molar-refractivity contribution in [1.29, 1.82) is 0 Å². The molecule has 0 spiro atoms. The molecular formula is C24H24N4O5. The third kappa shape index (κ3) is 4.43. The van der Waals surface area contributed by atoms with Crippen molar-refractivity contribution in [1.82, 2.24) is 15.1 Å². The minimum absolute atomic E-state index is 0.0581. The first-order chi connectivity index (χ1) is 15.9. The summed E-state index contributed by atoms with van der Waals surface area (Å²) in [6.07, 6.45) is 0.962. The van der Waals surface area contributed by atoms with E-state index in [1.54, 1.807) is 14.0 Å². The summed E-state index contributed by atoms with van der Waals surface area (Å²) in [6, 6.07) is 15.1. The van der Waals surface area contributed by atoms with E-state index in [9.17, 15) is 19.5 Å². The Hall–Kier alpha value is -4.14. The van der Waals surface area contributed by atoms with Crippen LogP contribution in [0.1, 0.15) is 40.9 Å². The van der Waals surface area contributed by atoms with E-state index < -0.39 is 24.0 Å². The predicted molar refractivity (Wildman–Crippen MR) is 121 cm³/mol. The van der Waals surface area contributed by atoms with Crippen molar-refractivity contribution < 1.29 is 24.2 Å². The van der Waals surface area contributed by atoms with Gasteiger partial charge in [0, 0.05) is 19.2 Å². The molecule has 170 valence electrons. The fraction of sp³-hybridized carbons (Fsp3) is 0.250. The highest BCUT2D eigenvalue weighted by molar-refractivity contribution is 6.01. The Kier molecular flexibility index (Phi) is 6.12. The van der Waals surface area contributed by atoms with Crippen LogP contribution < -0.4 is 10.6 Å². The molecule has 33 heavy (non-hydrogen) atoms. The average molecular weight is 448 g/mol. The van der Waals surface area contributed by atoms with Gasteiger partial charge in [0.25, 0.3) is 0 Å². The van der Waals surface area contributed by atoms with Gasteiger partial charge in [0.15, 0.2) is 5.69 Å². The number of carbonyl (C=O) groups is 3. The molecule has 2 amide bonds. The van der Waals surface area contributed by atoms with Crippen LogP contribution in [0.15, 0.2) is 54.7 Å². The van der Waals surface area contributed by atoms with Crippen LogP contribution in [0.3, 0.4) is 0 Å². The molecule has 0 saturated heterocycles. The Morgan fingerprint density at radius 2 is 1.70 bits per heavy atom. The topological polar surface area (TPSA) is 123 Å². The van der Waals surface area contributed by atoms with Gasteiger partial charge in [-0.15, -0.1) is 0 Å². The zero-order valence-corrected chi connectivity index (χ0v) is 18.2. The van der Waals surface area contributed by atoms with Crippen molar-refractivity contribution >= 4 is 23.7 Å². The van der Waals surface area contributed by atoms with Crippen molar-refractivity contribution in [3.05, 3.63) is 71.5 Å². The maximum Gasteiger partial charge on any atom is 0.407 e. The second kappa shape index (κ2) is 9.15. The number of hydrogen-bond donors (Lipinski definition) is 3. The number of carboxylic acid groups (broad SMARTS) is 1. The summed E-state index contributed by atoms with van der Waals surface area (Å²) in [5.41, 5.74) is 4.21. The van der Waals surface area contributed by atoms with Crippen molar-refractivity contribution in [2.24, 2.45) is 7.05 Å². The van der Waals surface area contributed by atoms with E-state index in [-0.39, 0.29) is 23.9 Å². The predicted octanol–water partition coefficient (Wildman–Crippen LogP) is 3.37. The van der Waals surface area contributed by atoms with Crippen LogP contribution in [0.2, 0.25) is 0 Å². The lowest BCUT2D eigenvalue weighted by atomic mass is 9.98. The Morgan fingerprint density at radius 3 is 2.27 bits per heavy atom.